The van der Waals surface area contributed by atoms with Crippen LogP contribution in [-0.2, 0) is 11.4 Å². The Labute approximate surface area is 123 Å². The summed E-state index contributed by atoms with van der Waals surface area (Å²) in [6.45, 7) is 1.97. The summed E-state index contributed by atoms with van der Waals surface area (Å²) < 4.78 is 11.0. The Morgan fingerprint density at radius 1 is 1.50 bits per heavy atom. The van der Waals surface area contributed by atoms with E-state index in [9.17, 15) is 4.79 Å². The zero-order valence-corrected chi connectivity index (χ0v) is 12.1. The molecule has 0 saturated carbocycles. The van der Waals surface area contributed by atoms with Gasteiger partial charge in [-0.3, -0.25) is 0 Å². The van der Waals surface area contributed by atoms with Crippen LogP contribution in [-0.4, -0.2) is 21.4 Å². The van der Waals surface area contributed by atoms with Gasteiger partial charge in [0, 0.05) is 16.1 Å². The van der Waals surface area contributed by atoms with Crippen LogP contribution in [0.1, 0.15) is 17.0 Å². The summed E-state index contributed by atoms with van der Waals surface area (Å²) in [6.07, 6.45) is 2.52. The first kappa shape index (κ1) is 14.3. The molecule has 0 saturated heterocycles. The normalized spacial score (nSPS) is 10.9. The molecule has 1 aromatic carbocycles. The van der Waals surface area contributed by atoms with Crippen LogP contribution in [0.25, 0.3) is 6.08 Å². The number of carboxylic acids is 1. The molecular weight excluding hydrogens is 328 g/mol. The van der Waals surface area contributed by atoms with E-state index in [-0.39, 0.29) is 6.61 Å². The molecule has 2 rings (SSSR count). The fraction of sp³-hybridized carbons (Fsp3) is 0.154. The highest BCUT2D eigenvalue weighted by molar-refractivity contribution is 9.10. The van der Waals surface area contributed by atoms with Crippen LogP contribution < -0.4 is 4.74 Å². The fourth-order valence-corrected chi connectivity index (χ4v) is 1.85. The maximum Gasteiger partial charge on any atom is 0.328 e. The van der Waals surface area contributed by atoms with Crippen molar-refractivity contribution in [3.8, 4) is 5.75 Å². The molecular formula is C13H11BrN2O4. The highest BCUT2D eigenvalue weighted by Gasteiger charge is 2.08. The van der Waals surface area contributed by atoms with E-state index in [2.05, 4.69) is 30.9 Å². The second-order valence-electron chi connectivity index (χ2n) is 3.94. The fourth-order valence-electron chi connectivity index (χ4n) is 1.47. The Morgan fingerprint density at radius 2 is 2.30 bits per heavy atom. The molecule has 0 spiro atoms. The second-order valence-corrected chi connectivity index (χ2v) is 4.85. The summed E-state index contributed by atoms with van der Waals surface area (Å²) in [5.74, 6) is -0.472. The molecule has 0 unspecified atom stereocenters. The maximum atomic E-state index is 10.6. The van der Waals surface area contributed by atoms with E-state index >= 15 is 0 Å². The Hall–Kier alpha value is -2.15. The minimum Gasteiger partial charge on any atom is -0.486 e. The van der Waals surface area contributed by atoms with Gasteiger partial charge in [0.1, 0.15) is 23.7 Å². The van der Waals surface area contributed by atoms with Crippen molar-refractivity contribution in [1.29, 1.82) is 0 Å². The number of carbonyl (C=O) groups is 1. The van der Waals surface area contributed by atoms with E-state index in [0.717, 1.165) is 10.5 Å². The Balaban J connectivity index is 2.18. The Bertz CT molecular complexity index is 652. The molecule has 0 aliphatic rings. The number of hydrogen-bond acceptors (Lipinski definition) is 5. The highest BCUT2D eigenvalue weighted by Crippen LogP contribution is 2.25. The highest BCUT2D eigenvalue weighted by atomic mass is 79.9. The third kappa shape index (κ3) is 3.67. The topological polar surface area (TPSA) is 85.5 Å². The van der Waals surface area contributed by atoms with E-state index in [1.165, 1.54) is 6.08 Å². The lowest BCUT2D eigenvalue weighted by Crippen LogP contribution is -1.99. The van der Waals surface area contributed by atoms with Gasteiger partial charge in [0.15, 0.2) is 0 Å². The summed E-state index contributed by atoms with van der Waals surface area (Å²) in [4.78, 5) is 10.6. The molecule has 0 radical (unpaired) electrons. The van der Waals surface area contributed by atoms with Crippen molar-refractivity contribution in [3.05, 3.63) is 45.7 Å². The number of carboxylic acid groups (broad SMARTS) is 1. The Kier molecular flexibility index (Phi) is 4.52. The van der Waals surface area contributed by atoms with Crippen molar-refractivity contribution in [2.24, 2.45) is 0 Å². The second kappa shape index (κ2) is 6.33. The van der Waals surface area contributed by atoms with Gasteiger partial charge < -0.3 is 9.84 Å². The molecule has 1 N–H and O–H groups in total. The molecule has 1 heterocycles. The van der Waals surface area contributed by atoms with Gasteiger partial charge in [0.25, 0.3) is 0 Å². The van der Waals surface area contributed by atoms with Crippen LogP contribution in [0.4, 0.5) is 0 Å². The van der Waals surface area contributed by atoms with Crippen molar-refractivity contribution >= 4 is 28.0 Å². The molecule has 7 heteroatoms. The third-order valence-corrected chi connectivity index (χ3v) is 2.98. The summed E-state index contributed by atoms with van der Waals surface area (Å²) in [5.41, 5.74) is 1.90. The first-order valence-electron chi connectivity index (χ1n) is 5.67. The SMILES string of the molecule is Cc1nonc1COc1ccc(Br)cc1C=CC(=O)O. The lowest BCUT2D eigenvalue weighted by Gasteiger charge is -2.08. The zero-order valence-electron chi connectivity index (χ0n) is 10.5. The summed E-state index contributed by atoms with van der Waals surface area (Å²) in [6, 6.07) is 5.32. The average molecular weight is 339 g/mol. The largest absolute Gasteiger partial charge is 0.486 e. The van der Waals surface area contributed by atoms with Gasteiger partial charge in [-0.05, 0) is 31.2 Å². The number of halogens is 1. The van der Waals surface area contributed by atoms with Gasteiger partial charge in [-0.25, -0.2) is 9.42 Å². The maximum absolute atomic E-state index is 10.6. The molecule has 0 bridgehead atoms. The van der Waals surface area contributed by atoms with E-state index < -0.39 is 5.97 Å². The van der Waals surface area contributed by atoms with Crippen LogP contribution in [0.15, 0.2) is 33.4 Å². The van der Waals surface area contributed by atoms with Crippen molar-refractivity contribution in [3.63, 3.8) is 0 Å². The number of aliphatic carboxylic acids is 1. The number of hydrogen-bond donors (Lipinski definition) is 1. The smallest absolute Gasteiger partial charge is 0.328 e. The summed E-state index contributed by atoms with van der Waals surface area (Å²) in [5, 5.41) is 16.1. The van der Waals surface area contributed by atoms with E-state index in [4.69, 9.17) is 9.84 Å². The number of aromatic nitrogens is 2. The van der Waals surface area contributed by atoms with Gasteiger partial charge in [-0.2, -0.15) is 0 Å². The molecule has 6 nitrogen and oxygen atoms in total. The first-order chi connectivity index (χ1) is 9.56. The van der Waals surface area contributed by atoms with E-state index in [1.54, 1.807) is 25.1 Å². The van der Waals surface area contributed by atoms with Gasteiger partial charge in [-0.1, -0.05) is 26.2 Å². The van der Waals surface area contributed by atoms with Gasteiger partial charge in [0.2, 0.25) is 0 Å². The predicted molar refractivity (Wildman–Crippen MR) is 74.2 cm³/mol. The molecule has 0 amide bonds. The van der Waals surface area contributed by atoms with Crippen molar-refractivity contribution in [2.75, 3.05) is 0 Å². The van der Waals surface area contributed by atoms with Crippen molar-refractivity contribution < 1.29 is 19.3 Å². The van der Waals surface area contributed by atoms with Gasteiger partial charge >= 0.3 is 5.97 Å². The molecule has 0 fully saturated rings. The van der Waals surface area contributed by atoms with Crippen LogP contribution >= 0.6 is 15.9 Å². The number of nitrogens with zero attached hydrogens (tertiary/aromatic N) is 2. The zero-order chi connectivity index (χ0) is 14.5. The average Bonchev–Trinajstić information content (AvgIpc) is 2.81. The van der Waals surface area contributed by atoms with Gasteiger partial charge in [-0.15, -0.1) is 0 Å². The van der Waals surface area contributed by atoms with Crippen LogP contribution in [0, 0.1) is 6.92 Å². The summed E-state index contributed by atoms with van der Waals surface area (Å²) in [7, 11) is 0. The first-order valence-corrected chi connectivity index (χ1v) is 6.47. The molecule has 0 aliphatic heterocycles. The van der Waals surface area contributed by atoms with Crippen molar-refractivity contribution in [1.82, 2.24) is 10.3 Å². The minimum absolute atomic E-state index is 0.199. The van der Waals surface area contributed by atoms with E-state index in [1.807, 2.05) is 0 Å². The molecule has 20 heavy (non-hydrogen) atoms. The molecule has 2 aromatic rings. The van der Waals surface area contributed by atoms with Crippen molar-refractivity contribution in [2.45, 2.75) is 13.5 Å². The Morgan fingerprint density at radius 3 is 2.95 bits per heavy atom. The molecule has 1 aromatic heterocycles. The number of benzene rings is 1. The number of ether oxygens (including phenoxy) is 1. The predicted octanol–water partition coefficient (Wildman–Crippen LogP) is 2.82. The number of aryl methyl sites for hydroxylation is 1. The molecule has 0 atom stereocenters. The molecule has 0 aliphatic carbocycles. The lowest BCUT2D eigenvalue weighted by atomic mass is 10.2. The third-order valence-electron chi connectivity index (χ3n) is 2.49. The lowest BCUT2D eigenvalue weighted by molar-refractivity contribution is -0.131. The van der Waals surface area contributed by atoms with Crippen LogP contribution in [0.2, 0.25) is 0 Å². The van der Waals surface area contributed by atoms with Crippen LogP contribution in [0.3, 0.4) is 0 Å². The standard InChI is InChI=1S/C13H11BrN2O4/c1-8-11(16-20-15-8)7-19-12-4-3-10(14)6-9(12)2-5-13(17)18/h2-6H,7H2,1H3,(H,17,18). The van der Waals surface area contributed by atoms with E-state index in [0.29, 0.717) is 22.7 Å². The van der Waals surface area contributed by atoms with Crippen LogP contribution in [0.5, 0.6) is 5.75 Å². The monoisotopic (exact) mass is 338 g/mol. The minimum atomic E-state index is -1.02. The molecule has 104 valence electrons. The summed E-state index contributed by atoms with van der Waals surface area (Å²) >= 11 is 3.33. The number of rotatable bonds is 5. The van der Waals surface area contributed by atoms with Gasteiger partial charge in [0.05, 0.1) is 0 Å². The quantitative estimate of drug-likeness (QED) is 0.843.